The zero-order valence-corrected chi connectivity index (χ0v) is 19.2. The number of fused-ring (bicyclic) bond motifs is 1. The van der Waals surface area contributed by atoms with Gasteiger partial charge in [0.2, 0.25) is 5.91 Å². The van der Waals surface area contributed by atoms with Gasteiger partial charge in [-0.1, -0.05) is 41.9 Å². The molecular weight excluding hydrogens is 456 g/mol. The third kappa shape index (κ3) is 4.57. The molecule has 0 aromatic heterocycles. The number of amides is 2. The van der Waals surface area contributed by atoms with Crippen molar-refractivity contribution < 1.29 is 27.9 Å². The number of morpholine rings is 1. The molecule has 2 heterocycles. The average molecular weight is 483 g/mol. The van der Waals surface area contributed by atoms with Gasteiger partial charge in [0.25, 0.3) is 5.91 Å². The number of carbonyl (C=O) groups is 2. The van der Waals surface area contributed by atoms with Gasteiger partial charge in [-0.3, -0.25) is 9.59 Å². The number of aliphatic hydroxyl groups excluding tert-OH is 1. The van der Waals surface area contributed by atoms with Gasteiger partial charge in [-0.05, 0) is 30.0 Å². The number of hydrogen-bond donors (Lipinski definition) is 1. The normalized spacial score (nSPS) is 25.5. The first-order valence-corrected chi connectivity index (χ1v) is 12.8. The Bertz CT molecular complexity index is 1020. The number of sulfone groups is 1. The molecule has 2 fully saturated rings. The van der Waals surface area contributed by atoms with Gasteiger partial charge in [0.15, 0.2) is 14.0 Å². The number of benzene rings is 1. The maximum absolute atomic E-state index is 13.0. The summed E-state index contributed by atoms with van der Waals surface area (Å²) in [5.41, 5.74) is 1.70. The van der Waals surface area contributed by atoms with Gasteiger partial charge in [0.05, 0.1) is 12.4 Å². The molecule has 1 N–H and O–H groups in total. The highest BCUT2D eigenvalue weighted by molar-refractivity contribution is 7.94. The molecule has 174 valence electrons. The molecule has 2 aliphatic heterocycles. The predicted molar refractivity (Wildman–Crippen MR) is 120 cm³/mol. The zero-order valence-electron chi connectivity index (χ0n) is 17.7. The predicted octanol–water partition coefficient (Wildman–Crippen LogP) is 0.817. The summed E-state index contributed by atoms with van der Waals surface area (Å²) < 4.78 is 29.5. The minimum atomic E-state index is -4.03. The number of hydrogen-bond acceptors (Lipinski definition) is 6. The Hall–Kier alpha value is -1.94. The Morgan fingerprint density at radius 1 is 1.25 bits per heavy atom. The van der Waals surface area contributed by atoms with Gasteiger partial charge < -0.3 is 19.6 Å². The number of halogens is 1. The second kappa shape index (κ2) is 9.13. The third-order valence-corrected chi connectivity index (χ3v) is 9.45. The first kappa shape index (κ1) is 23.2. The summed E-state index contributed by atoms with van der Waals surface area (Å²) in [7, 11) is -4.03. The second-order valence-corrected chi connectivity index (χ2v) is 11.7. The fraction of sp³-hybridized carbons (Fsp3) is 0.545. The summed E-state index contributed by atoms with van der Waals surface area (Å²) >= 11 is 6.49. The molecule has 0 bridgehead atoms. The van der Waals surface area contributed by atoms with E-state index in [-0.39, 0.29) is 25.0 Å². The van der Waals surface area contributed by atoms with Crippen molar-refractivity contribution in [3.63, 3.8) is 0 Å². The lowest BCUT2D eigenvalue weighted by Gasteiger charge is -2.40. The number of nitrogens with zero attached hydrogens (tertiary/aromatic N) is 2. The van der Waals surface area contributed by atoms with Gasteiger partial charge in [0, 0.05) is 32.1 Å². The van der Waals surface area contributed by atoms with Crippen LogP contribution in [0.2, 0.25) is 0 Å². The van der Waals surface area contributed by atoms with Crippen molar-refractivity contribution in [2.45, 2.75) is 35.6 Å². The lowest BCUT2D eigenvalue weighted by atomic mass is 9.97. The topological polar surface area (TPSA) is 104 Å². The van der Waals surface area contributed by atoms with Gasteiger partial charge in [-0.15, -0.1) is 0 Å². The van der Waals surface area contributed by atoms with Crippen LogP contribution in [0.1, 0.15) is 24.0 Å². The van der Waals surface area contributed by atoms with E-state index in [1.165, 1.54) is 11.0 Å². The van der Waals surface area contributed by atoms with Crippen LogP contribution in [0.4, 0.5) is 0 Å². The number of piperidine rings is 1. The van der Waals surface area contributed by atoms with Crippen LogP contribution in [0, 0.1) is 0 Å². The van der Waals surface area contributed by atoms with Gasteiger partial charge in [-0.25, -0.2) is 8.42 Å². The largest absolute Gasteiger partial charge is 0.382 e. The Kier molecular flexibility index (Phi) is 6.63. The van der Waals surface area contributed by atoms with Crippen molar-refractivity contribution in [2.75, 3.05) is 38.6 Å². The molecular formula is C22H27ClN2O6S. The molecule has 1 aromatic carbocycles. The summed E-state index contributed by atoms with van der Waals surface area (Å²) in [5, 5.41) is 10.5. The second-order valence-electron chi connectivity index (χ2n) is 8.49. The van der Waals surface area contributed by atoms with Crippen LogP contribution < -0.4 is 0 Å². The number of rotatable bonds is 5. The number of ether oxygens (including phenoxy) is 1. The summed E-state index contributed by atoms with van der Waals surface area (Å²) in [6.07, 6.45) is 2.63. The summed E-state index contributed by atoms with van der Waals surface area (Å²) in [6, 6.07) is 7.39. The standard InChI is InChI=1S/C22H27ClN2O6S/c23-22(8-5-16-3-1-2-4-17(16)13-22)32(29,30)15-19(26)21(28)24-9-6-18(7-10-24)25-11-12-31-14-20(25)27/h1-5,8,18-19,26H,6-7,9-15H2/t19-,22?/m1/s1. The molecule has 2 amide bonds. The molecule has 1 aliphatic carbocycles. The Morgan fingerprint density at radius 3 is 2.69 bits per heavy atom. The minimum absolute atomic E-state index is 0.0230. The van der Waals surface area contributed by atoms with E-state index in [2.05, 4.69) is 0 Å². The maximum Gasteiger partial charge on any atom is 0.252 e. The molecule has 8 nitrogen and oxygen atoms in total. The van der Waals surface area contributed by atoms with Gasteiger partial charge in [-0.2, -0.15) is 0 Å². The number of alkyl halides is 1. The number of aliphatic hydroxyl groups is 1. The highest BCUT2D eigenvalue weighted by Crippen LogP contribution is 2.36. The van der Waals surface area contributed by atoms with Crippen LogP contribution >= 0.6 is 11.6 Å². The molecule has 3 aliphatic rings. The summed E-state index contributed by atoms with van der Waals surface area (Å²) in [6.45, 7) is 1.82. The van der Waals surface area contributed by atoms with E-state index >= 15 is 0 Å². The van der Waals surface area contributed by atoms with Crippen molar-refractivity contribution in [1.29, 1.82) is 0 Å². The molecule has 4 rings (SSSR count). The number of likely N-dealkylation sites (tertiary alicyclic amines) is 1. The van der Waals surface area contributed by atoms with Gasteiger partial charge >= 0.3 is 0 Å². The SMILES string of the molecule is O=C([C@H](O)CS(=O)(=O)C1(Cl)C=Cc2ccccc2C1)N1CCC(N2CCOCC2=O)CC1. The van der Waals surface area contributed by atoms with E-state index in [1.54, 1.807) is 11.0 Å². The van der Waals surface area contributed by atoms with Crippen molar-refractivity contribution >= 4 is 39.3 Å². The van der Waals surface area contributed by atoms with Crippen molar-refractivity contribution in [3.05, 3.63) is 41.5 Å². The highest BCUT2D eigenvalue weighted by Gasteiger charge is 2.44. The van der Waals surface area contributed by atoms with Crippen molar-refractivity contribution in [3.8, 4) is 0 Å². The van der Waals surface area contributed by atoms with Crippen molar-refractivity contribution in [2.24, 2.45) is 0 Å². The van der Waals surface area contributed by atoms with Crippen LogP contribution in [0.15, 0.2) is 30.3 Å². The fourth-order valence-electron chi connectivity index (χ4n) is 4.55. The highest BCUT2D eigenvalue weighted by atomic mass is 35.5. The monoisotopic (exact) mass is 482 g/mol. The van der Waals surface area contributed by atoms with Crippen LogP contribution in [-0.2, 0) is 30.6 Å². The molecule has 2 saturated heterocycles. The van der Waals surface area contributed by atoms with Crippen LogP contribution in [0.25, 0.3) is 6.08 Å². The van der Waals surface area contributed by atoms with E-state index in [1.807, 2.05) is 24.3 Å². The third-order valence-electron chi connectivity index (χ3n) is 6.42. The van der Waals surface area contributed by atoms with E-state index in [4.69, 9.17) is 16.3 Å². The lowest BCUT2D eigenvalue weighted by molar-refractivity contribution is -0.148. The molecule has 32 heavy (non-hydrogen) atoms. The van der Waals surface area contributed by atoms with E-state index in [0.717, 1.165) is 11.1 Å². The maximum atomic E-state index is 13.0. The molecule has 0 spiro atoms. The molecule has 1 unspecified atom stereocenters. The quantitative estimate of drug-likeness (QED) is 0.623. The Morgan fingerprint density at radius 2 is 1.97 bits per heavy atom. The first-order chi connectivity index (χ1) is 15.2. The number of carbonyl (C=O) groups excluding carboxylic acids is 2. The van der Waals surface area contributed by atoms with E-state index in [9.17, 15) is 23.1 Å². The molecule has 0 saturated carbocycles. The smallest absolute Gasteiger partial charge is 0.252 e. The fourth-order valence-corrected chi connectivity index (χ4v) is 6.43. The molecule has 0 radical (unpaired) electrons. The average Bonchev–Trinajstić information content (AvgIpc) is 2.78. The zero-order chi connectivity index (χ0) is 22.9. The van der Waals surface area contributed by atoms with Crippen molar-refractivity contribution in [1.82, 2.24) is 9.80 Å². The van der Waals surface area contributed by atoms with E-state index in [0.29, 0.717) is 39.1 Å². The van der Waals surface area contributed by atoms with Crippen LogP contribution in [0.5, 0.6) is 0 Å². The van der Waals surface area contributed by atoms with Crippen LogP contribution in [-0.4, -0.2) is 90.1 Å². The molecule has 10 heteroatoms. The molecule has 2 atom stereocenters. The first-order valence-electron chi connectivity index (χ1n) is 10.7. The van der Waals surface area contributed by atoms with E-state index < -0.39 is 31.8 Å². The minimum Gasteiger partial charge on any atom is -0.382 e. The van der Waals surface area contributed by atoms with Crippen LogP contribution in [0.3, 0.4) is 0 Å². The summed E-state index contributed by atoms with van der Waals surface area (Å²) in [4.78, 5) is 28.0. The molecule has 1 aromatic rings. The Labute approximate surface area is 192 Å². The summed E-state index contributed by atoms with van der Waals surface area (Å²) in [5.74, 6) is -1.42. The Balaban J connectivity index is 1.36. The lowest BCUT2D eigenvalue weighted by Crippen LogP contribution is -2.54. The van der Waals surface area contributed by atoms with Gasteiger partial charge in [0.1, 0.15) is 12.7 Å².